The molecule has 6 heteroatoms. The Morgan fingerprint density at radius 2 is 2.00 bits per heavy atom. The lowest BCUT2D eigenvalue weighted by atomic mass is 9.87. The number of benzene rings is 1. The van der Waals surface area contributed by atoms with Gasteiger partial charge < -0.3 is 24.0 Å². The highest BCUT2D eigenvalue weighted by molar-refractivity contribution is 5.70. The monoisotopic (exact) mass is 350 g/mol. The maximum absolute atomic E-state index is 12.4. The Morgan fingerprint density at radius 1 is 1.28 bits per heavy atom. The lowest BCUT2D eigenvalue weighted by Gasteiger charge is -2.38. The van der Waals surface area contributed by atoms with Gasteiger partial charge in [-0.05, 0) is 39.9 Å². The van der Waals surface area contributed by atoms with E-state index in [1.165, 1.54) is 0 Å². The van der Waals surface area contributed by atoms with Gasteiger partial charge in [0, 0.05) is 29.8 Å². The van der Waals surface area contributed by atoms with Crippen molar-refractivity contribution in [3.8, 4) is 11.5 Å². The molecule has 1 heterocycles. The normalized spacial score (nSPS) is 16.6. The Kier molecular flexibility index (Phi) is 6.53. The second-order valence-corrected chi connectivity index (χ2v) is 6.47. The molecule has 1 aliphatic rings. The van der Waals surface area contributed by atoms with Gasteiger partial charge in [-0.1, -0.05) is 6.92 Å². The SMILES string of the molecule is CCOC(=O)N1CCc2c(OC)c(CN(C)C)cc(OC)c2C1CC. The van der Waals surface area contributed by atoms with Gasteiger partial charge in [0.05, 0.1) is 26.9 Å². The molecule has 2 rings (SSSR count). The predicted molar refractivity (Wildman–Crippen MR) is 97.4 cm³/mol. The van der Waals surface area contributed by atoms with E-state index in [9.17, 15) is 4.79 Å². The number of rotatable bonds is 6. The number of hydrogen-bond donors (Lipinski definition) is 0. The standard InChI is InChI=1S/C19H30N2O4/c1-7-15-17-14(9-10-21(15)19(22)25-8-2)18(24-6)13(12-20(3)4)11-16(17)23-5/h11,15H,7-10,12H2,1-6H3. The first-order valence-corrected chi connectivity index (χ1v) is 8.83. The molecule has 1 aromatic rings. The average Bonchev–Trinajstić information content (AvgIpc) is 2.59. The Labute approximate surface area is 150 Å². The summed E-state index contributed by atoms with van der Waals surface area (Å²) in [5.74, 6) is 1.72. The van der Waals surface area contributed by atoms with Crippen molar-refractivity contribution in [2.24, 2.45) is 0 Å². The van der Waals surface area contributed by atoms with Crippen LogP contribution in [0.2, 0.25) is 0 Å². The molecule has 0 fully saturated rings. The largest absolute Gasteiger partial charge is 0.496 e. The summed E-state index contributed by atoms with van der Waals surface area (Å²) in [5, 5.41) is 0. The molecule has 140 valence electrons. The van der Waals surface area contributed by atoms with Gasteiger partial charge >= 0.3 is 6.09 Å². The zero-order chi connectivity index (χ0) is 18.6. The molecule has 0 bridgehead atoms. The fourth-order valence-corrected chi connectivity index (χ4v) is 3.65. The van der Waals surface area contributed by atoms with E-state index in [2.05, 4.69) is 11.8 Å². The van der Waals surface area contributed by atoms with Crippen molar-refractivity contribution in [1.29, 1.82) is 0 Å². The number of carbonyl (C=O) groups excluding carboxylic acids is 1. The summed E-state index contributed by atoms with van der Waals surface area (Å²) in [6, 6.07) is 1.97. The van der Waals surface area contributed by atoms with Crippen molar-refractivity contribution in [3.05, 3.63) is 22.8 Å². The predicted octanol–water partition coefficient (Wildman–Crippen LogP) is 3.23. The van der Waals surface area contributed by atoms with Crippen molar-refractivity contribution in [2.75, 3.05) is 41.5 Å². The van der Waals surface area contributed by atoms with Crippen LogP contribution in [0.3, 0.4) is 0 Å². The molecule has 0 aliphatic carbocycles. The van der Waals surface area contributed by atoms with Crippen LogP contribution in [-0.4, -0.2) is 57.4 Å². The van der Waals surface area contributed by atoms with Crippen LogP contribution >= 0.6 is 0 Å². The molecular weight excluding hydrogens is 320 g/mol. The van der Waals surface area contributed by atoms with Gasteiger partial charge in [-0.3, -0.25) is 0 Å². The third-order valence-corrected chi connectivity index (χ3v) is 4.57. The third-order valence-electron chi connectivity index (χ3n) is 4.57. The molecule has 6 nitrogen and oxygen atoms in total. The second kappa shape index (κ2) is 8.43. The lowest BCUT2D eigenvalue weighted by Crippen LogP contribution is -2.40. The lowest BCUT2D eigenvalue weighted by molar-refractivity contribution is 0.0845. The Bertz CT molecular complexity index is 616. The Hall–Kier alpha value is -1.95. The summed E-state index contributed by atoms with van der Waals surface area (Å²) < 4.78 is 16.7. The summed E-state index contributed by atoms with van der Waals surface area (Å²) in [6.45, 7) is 5.67. The minimum Gasteiger partial charge on any atom is -0.496 e. The van der Waals surface area contributed by atoms with Gasteiger partial charge in [-0.2, -0.15) is 0 Å². The third kappa shape index (κ3) is 3.84. The number of nitrogens with zero attached hydrogens (tertiary/aromatic N) is 2. The fraction of sp³-hybridized carbons (Fsp3) is 0.632. The van der Waals surface area contributed by atoms with E-state index in [1.807, 2.05) is 27.1 Å². The topological polar surface area (TPSA) is 51.2 Å². The maximum Gasteiger partial charge on any atom is 0.410 e. The maximum atomic E-state index is 12.4. The van der Waals surface area contributed by atoms with Crippen LogP contribution in [0.25, 0.3) is 0 Å². The molecule has 0 spiro atoms. The number of hydrogen-bond acceptors (Lipinski definition) is 5. The first-order valence-electron chi connectivity index (χ1n) is 8.83. The molecule has 1 unspecified atom stereocenters. The van der Waals surface area contributed by atoms with E-state index in [0.717, 1.165) is 47.6 Å². The van der Waals surface area contributed by atoms with E-state index in [0.29, 0.717) is 13.2 Å². The summed E-state index contributed by atoms with van der Waals surface area (Å²) in [6.07, 6.45) is 1.25. The van der Waals surface area contributed by atoms with Crippen LogP contribution in [0.15, 0.2) is 6.07 Å². The van der Waals surface area contributed by atoms with Gasteiger partial charge in [-0.25, -0.2) is 4.79 Å². The summed E-state index contributed by atoms with van der Waals surface area (Å²) in [7, 11) is 7.45. The van der Waals surface area contributed by atoms with E-state index in [-0.39, 0.29) is 12.1 Å². The molecule has 1 atom stereocenters. The van der Waals surface area contributed by atoms with Gasteiger partial charge in [0.25, 0.3) is 0 Å². The van der Waals surface area contributed by atoms with Crippen molar-refractivity contribution in [2.45, 2.75) is 39.3 Å². The van der Waals surface area contributed by atoms with Gasteiger partial charge in [0.15, 0.2) is 0 Å². The van der Waals surface area contributed by atoms with E-state index >= 15 is 0 Å². The van der Waals surface area contributed by atoms with Crippen LogP contribution in [0, 0.1) is 0 Å². The second-order valence-electron chi connectivity index (χ2n) is 6.47. The first-order chi connectivity index (χ1) is 12.0. The highest BCUT2D eigenvalue weighted by Gasteiger charge is 2.35. The van der Waals surface area contributed by atoms with Crippen LogP contribution in [0.1, 0.15) is 43.0 Å². The highest BCUT2D eigenvalue weighted by atomic mass is 16.6. The molecule has 0 N–H and O–H groups in total. The van der Waals surface area contributed by atoms with Crippen LogP contribution in [-0.2, 0) is 17.7 Å². The molecule has 1 aliphatic heterocycles. The minimum atomic E-state index is -0.265. The van der Waals surface area contributed by atoms with Gasteiger partial charge in [-0.15, -0.1) is 0 Å². The highest BCUT2D eigenvalue weighted by Crippen LogP contribution is 2.44. The van der Waals surface area contributed by atoms with Gasteiger partial charge in [0.2, 0.25) is 0 Å². The van der Waals surface area contributed by atoms with Crippen LogP contribution < -0.4 is 9.47 Å². The zero-order valence-corrected chi connectivity index (χ0v) is 16.2. The van der Waals surface area contributed by atoms with Crippen molar-refractivity contribution >= 4 is 6.09 Å². The van der Waals surface area contributed by atoms with E-state index in [4.69, 9.17) is 14.2 Å². The molecule has 1 amide bonds. The molecule has 0 radical (unpaired) electrons. The fourth-order valence-electron chi connectivity index (χ4n) is 3.65. The van der Waals surface area contributed by atoms with Gasteiger partial charge in [0.1, 0.15) is 11.5 Å². The molecule has 1 aromatic carbocycles. The molecule has 0 aromatic heterocycles. The number of methoxy groups -OCH3 is 2. The molecule has 0 saturated carbocycles. The first kappa shape index (κ1) is 19.4. The van der Waals surface area contributed by atoms with E-state index in [1.54, 1.807) is 19.1 Å². The van der Waals surface area contributed by atoms with Crippen molar-refractivity contribution < 1.29 is 19.0 Å². The van der Waals surface area contributed by atoms with Crippen LogP contribution in [0.5, 0.6) is 11.5 Å². The minimum absolute atomic E-state index is 0.0694. The Morgan fingerprint density at radius 3 is 2.52 bits per heavy atom. The Balaban J connectivity index is 2.56. The summed E-state index contributed by atoms with van der Waals surface area (Å²) in [5.41, 5.74) is 3.29. The molecule has 0 saturated heterocycles. The number of carbonyl (C=O) groups is 1. The van der Waals surface area contributed by atoms with Crippen molar-refractivity contribution in [1.82, 2.24) is 9.80 Å². The average molecular weight is 350 g/mol. The number of ether oxygens (including phenoxy) is 3. The summed E-state index contributed by atoms with van der Waals surface area (Å²) in [4.78, 5) is 16.3. The summed E-state index contributed by atoms with van der Waals surface area (Å²) >= 11 is 0. The molecular formula is C19H30N2O4. The van der Waals surface area contributed by atoms with Crippen molar-refractivity contribution in [3.63, 3.8) is 0 Å². The van der Waals surface area contributed by atoms with Crippen LogP contribution in [0.4, 0.5) is 4.79 Å². The number of fused-ring (bicyclic) bond motifs is 1. The number of amides is 1. The quantitative estimate of drug-likeness (QED) is 0.788. The smallest absolute Gasteiger partial charge is 0.410 e. The molecule has 25 heavy (non-hydrogen) atoms. The zero-order valence-electron chi connectivity index (χ0n) is 16.2. The van der Waals surface area contributed by atoms with E-state index < -0.39 is 0 Å².